The van der Waals surface area contributed by atoms with E-state index in [0.717, 1.165) is 31.3 Å². The third-order valence-electron chi connectivity index (χ3n) is 3.71. The Morgan fingerprint density at radius 3 is 2.60 bits per heavy atom. The maximum absolute atomic E-state index is 13.1. The Bertz CT molecular complexity index is 414. The molecule has 1 unspecified atom stereocenters. The lowest BCUT2D eigenvalue weighted by molar-refractivity contribution is 0.187. The number of rotatable bonds is 5. The van der Waals surface area contributed by atoms with Crippen LogP contribution in [0.25, 0.3) is 0 Å². The van der Waals surface area contributed by atoms with Gasteiger partial charge in [-0.1, -0.05) is 13.8 Å². The van der Waals surface area contributed by atoms with Crippen molar-refractivity contribution < 1.29 is 8.78 Å². The second-order valence-corrected chi connectivity index (χ2v) is 5.99. The van der Waals surface area contributed by atoms with Crippen molar-refractivity contribution in [1.82, 2.24) is 10.2 Å². The van der Waals surface area contributed by atoms with E-state index in [1.807, 2.05) is 0 Å². The third kappa shape index (κ3) is 4.84. The number of hydrogen-bond acceptors (Lipinski definition) is 2. The molecular weight excluding hydrogens is 258 g/mol. The maximum Gasteiger partial charge on any atom is 0.126 e. The predicted molar refractivity (Wildman–Crippen MR) is 77.8 cm³/mol. The molecule has 1 aromatic carbocycles. The molecule has 1 fully saturated rings. The molecule has 1 aliphatic rings. The van der Waals surface area contributed by atoms with Crippen molar-refractivity contribution >= 4 is 0 Å². The van der Waals surface area contributed by atoms with E-state index in [2.05, 4.69) is 24.1 Å². The summed E-state index contributed by atoms with van der Waals surface area (Å²) in [5.74, 6) is -0.976. The summed E-state index contributed by atoms with van der Waals surface area (Å²) < 4.78 is 26.3. The molecule has 1 saturated heterocycles. The topological polar surface area (TPSA) is 15.3 Å². The molecule has 1 N–H and O–H groups in total. The fraction of sp³-hybridized carbons (Fsp3) is 0.625. The van der Waals surface area contributed by atoms with Crippen LogP contribution in [0.2, 0.25) is 0 Å². The molecule has 1 aromatic rings. The summed E-state index contributed by atoms with van der Waals surface area (Å²) in [6.07, 6.45) is 3.09. The average molecular weight is 282 g/mol. The molecule has 0 saturated carbocycles. The van der Waals surface area contributed by atoms with E-state index in [-0.39, 0.29) is 0 Å². The van der Waals surface area contributed by atoms with E-state index >= 15 is 0 Å². The second-order valence-electron chi connectivity index (χ2n) is 5.99. The van der Waals surface area contributed by atoms with Crippen molar-refractivity contribution in [3.63, 3.8) is 0 Å². The fourth-order valence-electron chi connectivity index (χ4n) is 2.91. The number of halogens is 2. The first kappa shape index (κ1) is 15.4. The molecule has 1 atom stereocenters. The van der Waals surface area contributed by atoms with Crippen molar-refractivity contribution in [2.24, 2.45) is 0 Å². The predicted octanol–water partition coefficient (Wildman–Crippen LogP) is 2.97. The van der Waals surface area contributed by atoms with Gasteiger partial charge in [0.25, 0.3) is 0 Å². The highest BCUT2D eigenvalue weighted by Crippen LogP contribution is 2.13. The van der Waals surface area contributed by atoms with Crippen molar-refractivity contribution in [2.45, 2.75) is 45.2 Å². The molecule has 0 radical (unpaired) electrons. The molecule has 0 spiro atoms. The Hall–Kier alpha value is -1.00. The van der Waals surface area contributed by atoms with E-state index in [1.54, 1.807) is 0 Å². The number of nitrogens with one attached hydrogen (secondary N) is 1. The molecule has 0 aromatic heterocycles. The summed E-state index contributed by atoms with van der Waals surface area (Å²) >= 11 is 0. The van der Waals surface area contributed by atoms with E-state index < -0.39 is 11.6 Å². The molecule has 112 valence electrons. The Kier molecular flexibility index (Phi) is 5.49. The zero-order valence-electron chi connectivity index (χ0n) is 12.3. The summed E-state index contributed by atoms with van der Waals surface area (Å²) in [6, 6.07) is 4.81. The van der Waals surface area contributed by atoms with Gasteiger partial charge in [-0.3, -0.25) is 0 Å². The van der Waals surface area contributed by atoms with E-state index in [0.29, 0.717) is 18.5 Å². The van der Waals surface area contributed by atoms with Gasteiger partial charge in [-0.15, -0.1) is 0 Å². The van der Waals surface area contributed by atoms with Crippen molar-refractivity contribution in [3.05, 3.63) is 35.4 Å². The minimum Gasteiger partial charge on any atom is -0.311 e. The highest BCUT2D eigenvalue weighted by Gasteiger charge is 2.19. The number of nitrogens with zero attached hydrogens (tertiary/aromatic N) is 1. The fourth-order valence-corrected chi connectivity index (χ4v) is 2.91. The SMILES string of the molecule is CC(C)NC1CCCN(CCc2cc(F)cc(F)c2)C1. The largest absolute Gasteiger partial charge is 0.311 e. The normalized spacial score (nSPS) is 20.6. The summed E-state index contributed by atoms with van der Waals surface area (Å²) in [6.45, 7) is 7.28. The van der Waals surface area contributed by atoms with Gasteiger partial charge >= 0.3 is 0 Å². The number of piperidine rings is 1. The smallest absolute Gasteiger partial charge is 0.126 e. The van der Waals surface area contributed by atoms with Gasteiger partial charge in [0.05, 0.1) is 0 Å². The summed E-state index contributed by atoms with van der Waals surface area (Å²) in [5.41, 5.74) is 0.737. The van der Waals surface area contributed by atoms with Gasteiger partial charge in [0.1, 0.15) is 11.6 Å². The summed E-state index contributed by atoms with van der Waals surface area (Å²) in [5, 5.41) is 3.57. The van der Waals surface area contributed by atoms with Crippen LogP contribution in [0.15, 0.2) is 18.2 Å². The number of likely N-dealkylation sites (tertiary alicyclic amines) is 1. The molecule has 20 heavy (non-hydrogen) atoms. The molecule has 0 amide bonds. The molecule has 2 rings (SSSR count). The van der Waals surface area contributed by atoms with Crippen molar-refractivity contribution in [3.8, 4) is 0 Å². The monoisotopic (exact) mass is 282 g/mol. The molecule has 1 heterocycles. The lowest BCUT2D eigenvalue weighted by Gasteiger charge is -2.34. The van der Waals surface area contributed by atoms with E-state index in [1.165, 1.54) is 25.0 Å². The average Bonchev–Trinajstić information content (AvgIpc) is 2.35. The highest BCUT2D eigenvalue weighted by atomic mass is 19.1. The molecule has 1 aliphatic heterocycles. The van der Waals surface area contributed by atoms with Crippen LogP contribution in [0.3, 0.4) is 0 Å². The Balaban J connectivity index is 1.84. The minimum absolute atomic E-state index is 0.488. The molecule has 0 aliphatic carbocycles. The van der Waals surface area contributed by atoms with Gasteiger partial charge in [0.2, 0.25) is 0 Å². The van der Waals surface area contributed by atoms with Crippen LogP contribution in [0.1, 0.15) is 32.3 Å². The molecule has 4 heteroatoms. The second kappa shape index (κ2) is 7.14. The standard InChI is InChI=1S/C16H24F2N2/c1-12(2)19-16-4-3-6-20(11-16)7-5-13-8-14(17)10-15(18)9-13/h8-10,12,16,19H,3-7,11H2,1-2H3. The minimum atomic E-state index is -0.488. The lowest BCUT2D eigenvalue weighted by Crippen LogP contribution is -2.48. The van der Waals surface area contributed by atoms with Crippen LogP contribution in [-0.2, 0) is 6.42 Å². The van der Waals surface area contributed by atoms with Gasteiger partial charge in [0.15, 0.2) is 0 Å². The Morgan fingerprint density at radius 1 is 1.25 bits per heavy atom. The van der Waals surface area contributed by atoms with Crippen LogP contribution in [0.4, 0.5) is 8.78 Å². The lowest BCUT2D eigenvalue weighted by atomic mass is 10.0. The van der Waals surface area contributed by atoms with Crippen LogP contribution >= 0.6 is 0 Å². The highest BCUT2D eigenvalue weighted by molar-refractivity contribution is 5.18. The zero-order valence-corrected chi connectivity index (χ0v) is 12.3. The van der Waals surface area contributed by atoms with Gasteiger partial charge in [0, 0.05) is 31.2 Å². The van der Waals surface area contributed by atoms with Crippen LogP contribution < -0.4 is 5.32 Å². The van der Waals surface area contributed by atoms with Gasteiger partial charge in [-0.2, -0.15) is 0 Å². The summed E-state index contributed by atoms with van der Waals surface area (Å²) in [7, 11) is 0. The van der Waals surface area contributed by atoms with Crippen molar-refractivity contribution in [1.29, 1.82) is 0 Å². The first-order valence-electron chi connectivity index (χ1n) is 7.46. The zero-order chi connectivity index (χ0) is 14.5. The van der Waals surface area contributed by atoms with Gasteiger partial charge in [-0.05, 0) is 43.5 Å². The van der Waals surface area contributed by atoms with Crippen LogP contribution in [0.5, 0.6) is 0 Å². The van der Waals surface area contributed by atoms with Crippen LogP contribution in [-0.4, -0.2) is 36.6 Å². The van der Waals surface area contributed by atoms with E-state index in [4.69, 9.17) is 0 Å². The Morgan fingerprint density at radius 2 is 1.95 bits per heavy atom. The molecule has 2 nitrogen and oxygen atoms in total. The van der Waals surface area contributed by atoms with Crippen molar-refractivity contribution in [2.75, 3.05) is 19.6 Å². The van der Waals surface area contributed by atoms with Gasteiger partial charge in [-0.25, -0.2) is 8.78 Å². The first-order chi connectivity index (χ1) is 9.52. The van der Waals surface area contributed by atoms with Crippen LogP contribution in [0, 0.1) is 11.6 Å². The maximum atomic E-state index is 13.1. The van der Waals surface area contributed by atoms with Gasteiger partial charge < -0.3 is 10.2 Å². The third-order valence-corrected chi connectivity index (χ3v) is 3.71. The Labute approximate surface area is 120 Å². The quantitative estimate of drug-likeness (QED) is 0.893. The molecule has 0 bridgehead atoms. The first-order valence-corrected chi connectivity index (χ1v) is 7.46. The molecular formula is C16H24F2N2. The number of hydrogen-bond donors (Lipinski definition) is 1. The van der Waals surface area contributed by atoms with E-state index in [9.17, 15) is 8.78 Å². The summed E-state index contributed by atoms with van der Waals surface area (Å²) in [4.78, 5) is 2.38. The number of benzene rings is 1.